The Kier molecular flexibility index (Phi) is 3.41. The number of aldehydes is 1. The summed E-state index contributed by atoms with van der Waals surface area (Å²) in [7, 11) is 1.58. The fourth-order valence-electron chi connectivity index (χ4n) is 1.85. The standard InChI is InChI=1S/C13H15N3O2/c1-9-12(8-17)10(2)16(15-9)7-11-5-4-6-13(14-11)18-3/h4-6,8H,7H2,1-3H3. The minimum Gasteiger partial charge on any atom is -0.481 e. The molecule has 0 radical (unpaired) electrons. The molecule has 5 heteroatoms. The molecule has 0 bridgehead atoms. The van der Waals surface area contributed by atoms with Gasteiger partial charge in [0, 0.05) is 11.8 Å². The Balaban J connectivity index is 2.31. The van der Waals surface area contributed by atoms with Gasteiger partial charge in [0.15, 0.2) is 6.29 Å². The summed E-state index contributed by atoms with van der Waals surface area (Å²) in [4.78, 5) is 15.2. The van der Waals surface area contributed by atoms with E-state index in [2.05, 4.69) is 10.1 Å². The summed E-state index contributed by atoms with van der Waals surface area (Å²) < 4.78 is 6.85. The van der Waals surface area contributed by atoms with E-state index in [1.54, 1.807) is 17.9 Å². The summed E-state index contributed by atoms with van der Waals surface area (Å²) in [5.41, 5.74) is 3.09. The number of pyridine rings is 1. The lowest BCUT2D eigenvalue weighted by Gasteiger charge is -2.05. The average molecular weight is 245 g/mol. The van der Waals surface area contributed by atoms with Crippen LogP contribution in [-0.2, 0) is 6.54 Å². The quantitative estimate of drug-likeness (QED) is 0.770. The lowest BCUT2D eigenvalue weighted by molar-refractivity contribution is 0.112. The number of ether oxygens (including phenoxy) is 1. The first-order chi connectivity index (χ1) is 8.65. The maximum atomic E-state index is 10.9. The molecule has 0 saturated heterocycles. The monoisotopic (exact) mass is 245 g/mol. The Hall–Kier alpha value is -2.17. The van der Waals surface area contributed by atoms with Gasteiger partial charge in [-0.25, -0.2) is 4.98 Å². The summed E-state index contributed by atoms with van der Waals surface area (Å²) in [5, 5.41) is 4.34. The maximum absolute atomic E-state index is 10.9. The van der Waals surface area contributed by atoms with Gasteiger partial charge in [0.1, 0.15) is 0 Å². The molecule has 2 heterocycles. The Bertz CT molecular complexity index is 576. The van der Waals surface area contributed by atoms with Crippen molar-refractivity contribution in [2.24, 2.45) is 0 Å². The van der Waals surface area contributed by atoms with E-state index in [1.807, 2.05) is 26.0 Å². The molecular weight excluding hydrogens is 230 g/mol. The Morgan fingerprint density at radius 1 is 1.39 bits per heavy atom. The van der Waals surface area contributed by atoms with Gasteiger partial charge in [-0.15, -0.1) is 0 Å². The minimum atomic E-state index is 0.526. The number of methoxy groups -OCH3 is 1. The van der Waals surface area contributed by atoms with Crippen LogP contribution in [0, 0.1) is 13.8 Å². The van der Waals surface area contributed by atoms with Crippen LogP contribution in [0.2, 0.25) is 0 Å². The van der Waals surface area contributed by atoms with E-state index in [4.69, 9.17) is 4.74 Å². The van der Waals surface area contributed by atoms with Crippen LogP contribution in [0.5, 0.6) is 5.88 Å². The van der Waals surface area contributed by atoms with E-state index in [-0.39, 0.29) is 0 Å². The highest BCUT2D eigenvalue weighted by Gasteiger charge is 2.11. The highest BCUT2D eigenvalue weighted by molar-refractivity contribution is 5.78. The van der Waals surface area contributed by atoms with Gasteiger partial charge in [0.05, 0.1) is 30.6 Å². The molecule has 0 atom stereocenters. The Labute approximate surface area is 105 Å². The van der Waals surface area contributed by atoms with Crippen LogP contribution >= 0.6 is 0 Å². The van der Waals surface area contributed by atoms with Crippen LogP contribution in [0.25, 0.3) is 0 Å². The Morgan fingerprint density at radius 2 is 2.17 bits per heavy atom. The number of rotatable bonds is 4. The molecule has 0 aromatic carbocycles. The van der Waals surface area contributed by atoms with E-state index in [0.717, 1.165) is 23.4 Å². The molecule has 0 N–H and O–H groups in total. The van der Waals surface area contributed by atoms with Gasteiger partial charge in [-0.3, -0.25) is 9.48 Å². The first-order valence-corrected chi connectivity index (χ1v) is 5.64. The van der Waals surface area contributed by atoms with E-state index in [9.17, 15) is 4.79 Å². The van der Waals surface area contributed by atoms with Crippen molar-refractivity contribution in [1.29, 1.82) is 0 Å². The fourth-order valence-corrected chi connectivity index (χ4v) is 1.85. The molecule has 5 nitrogen and oxygen atoms in total. The van der Waals surface area contributed by atoms with Gasteiger partial charge in [0.25, 0.3) is 0 Å². The zero-order valence-corrected chi connectivity index (χ0v) is 10.7. The third-order valence-corrected chi connectivity index (χ3v) is 2.86. The highest BCUT2D eigenvalue weighted by Crippen LogP contribution is 2.13. The van der Waals surface area contributed by atoms with Crippen molar-refractivity contribution in [3.63, 3.8) is 0 Å². The normalized spacial score (nSPS) is 10.4. The molecule has 2 aromatic rings. The minimum absolute atomic E-state index is 0.526. The molecule has 2 rings (SSSR count). The van der Waals surface area contributed by atoms with Crippen LogP contribution < -0.4 is 4.74 Å². The van der Waals surface area contributed by atoms with Crippen molar-refractivity contribution in [1.82, 2.24) is 14.8 Å². The maximum Gasteiger partial charge on any atom is 0.213 e. The summed E-state index contributed by atoms with van der Waals surface area (Å²) in [6, 6.07) is 5.58. The summed E-state index contributed by atoms with van der Waals surface area (Å²) in [5.74, 6) is 0.574. The summed E-state index contributed by atoms with van der Waals surface area (Å²) >= 11 is 0. The third kappa shape index (κ3) is 2.25. The van der Waals surface area contributed by atoms with E-state index >= 15 is 0 Å². The van der Waals surface area contributed by atoms with E-state index < -0.39 is 0 Å². The van der Waals surface area contributed by atoms with Crippen molar-refractivity contribution in [2.75, 3.05) is 7.11 Å². The van der Waals surface area contributed by atoms with Gasteiger partial charge >= 0.3 is 0 Å². The number of carbonyl (C=O) groups excluding carboxylic acids is 1. The third-order valence-electron chi connectivity index (χ3n) is 2.86. The molecular formula is C13H15N3O2. The van der Waals surface area contributed by atoms with Crippen LogP contribution in [0.3, 0.4) is 0 Å². The molecule has 2 aromatic heterocycles. The number of aryl methyl sites for hydroxylation is 1. The van der Waals surface area contributed by atoms with Crippen molar-refractivity contribution < 1.29 is 9.53 Å². The molecule has 0 aliphatic heterocycles. The zero-order chi connectivity index (χ0) is 13.1. The second-order valence-corrected chi connectivity index (χ2v) is 4.03. The Morgan fingerprint density at radius 3 is 2.78 bits per heavy atom. The summed E-state index contributed by atoms with van der Waals surface area (Å²) in [6.45, 7) is 4.23. The largest absolute Gasteiger partial charge is 0.481 e. The molecule has 0 amide bonds. The molecule has 18 heavy (non-hydrogen) atoms. The molecule has 0 aliphatic carbocycles. The molecule has 0 unspecified atom stereocenters. The van der Waals surface area contributed by atoms with Gasteiger partial charge in [-0.2, -0.15) is 5.10 Å². The molecule has 94 valence electrons. The van der Waals surface area contributed by atoms with Gasteiger partial charge < -0.3 is 4.74 Å². The number of hydrogen-bond donors (Lipinski definition) is 0. The van der Waals surface area contributed by atoms with Crippen molar-refractivity contribution in [3.8, 4) is 5.88 Å². The molecule has 0 fully saturated rings. The first kappa shape index (κ1) is 12.3. The molecule has 0 aliphatic rings. The average Bonchev–Trinajstić information content (AvgIpc) is 2.64. The topological polar surface area (TPSA) is 57.0 Å². The smallest absolute Gasteiger partial charge is 0.213 e. The lowest BCUT2D eigenvalue weighted by Crippen LogP contribution is -2.06. The highest BCUT2D eigenvalue weighted by atomic mass is 16.5. The van der Waals surface area contributed by atoms with Crippen LogP contribution in [0.15, 0.2) is 18.2 Å². The second kappa shape index (κ2) is 5.00. The zero-order valence-electron chi connectivity index (χ0n) is 10.7. The predicted octanol–water partition coefficient (Wildman–Crippen LogP) is 1.76. The van der Waals surface area contributed by atoms with Crippen molar-refractivity contribution in [3.05, 3.63) is 40.8 Å². The van der Waals surface area contributed by atoms with Crippen LogP contribution in [0.1, 0.15) is 27.4 Å². The van der Waals surface area contributed by atoms with E-state index in [1.165, 1.54) is 0 Å². The van der Waals surface area contributed by atoms with E-state index in [0.29, 0.717) is 18.0 Å². The number of hydrogen-bond acceptors (Lipinski definition) is 4. The van der Waals surface area contributed by atoms with Gasteiger partial charge in [-0.1, -0.05) is 6.07 Å². The molecule has 0 saturated carbocycles. The number of aromatic nitrogens is 3. The first-order valence-electron chi connectivity index (χ1n) is 5.64. The van der Waals surface area contributed by atoms with Crippen molar-refractivity contribution in [2.45, 2.75) is 20.4 Å². The molecule has 0 spiro atoms. The fraction of sp³-hybridized carbons (Fsp3) is 0.308. The predicted molar refractivity (Wildman–Crippen MR) is 67.0 cm³/mol. The summed E-state index contributed by atoms with van der Waals surface area (Å²) in [6.07, 6.45) is 0.840. The SMILES string of the molecule is COc1cccc(Cn2nc(C)c(C=O)c2C)n1. The van der Waals surface area contributed by atoms with Crippen LogP contribution in [0.4, 0.5) is 0 Å². The van der Waals surface area contributed by atoms with Crippen molar-refractivity contribution >= 4 is 6.29 Å². The number of carbonyl (C=O) groups is 1. The van der Waals surface area contributed by atoms with Gasteiger partial charge in [0.2, 0.25) is 5.88 Å². The lowest BCUT2D eigenvalue weighted by atomic mass is 10.2. The second-order valence-electron chi connectivity index (χ2n) is 4.03. The van der Waals surface area contributed by atoms with Crippen LogP contribution in [-0.4, -0.2) is 28.2 Å². The number of nitrogens with zero attached hydrogens (tertiary/aromatic N) is 3. The van der Waals surface area contributed by atoms with Gasteiger partial charge in [-0.05, 0) is 19.9 Å².